The molecule has 1 amide bonds. The quantitative estimate of drug-likeness (QED) is 0.864. The third kappa shape index (κ3) is 3.46. The van der Waals surface area contributed by atoms with E-state index in [9.17, 15) is 4.79 Å². The highest BCUT2D eigenvalue weighted by atomic mass is 79.9. The Morgan fingerprint density at radius 2 is 2.42 bits per heavy atom. The summed E-state index contributed by atoms with van der Waals surface area (Å²) in [5, 5.41) is 3.11. The van der Waals surface area contributed by atoms with E-state index in [0.29, 0.717) is 12.2 Å². The predicted molar refractivity (Wildman–Crippen MR) is 78.5 cm³/mol. The van der Waals surface area contributed by atoms with E-state index in [1.54, 1.807) is 6.07 Å². The standard InChI is InChI=1S/C13H18BrN3O2/c1-16-7-10-8-17(4-5-19-10)12-6-9(14)2-3-11(12)13(15)18/h2-3,6,10,16H,4-5,7-8H2,1H3,(H2,15,18). The number of nitrogens with two attached hydrogens (primary N) is 1. The van der Waals surface area contributed by atoms with Crippen LogP contribution < -0.4 is 16.0 Å². The van der Waals surface area contributed by atoms with Crippen molar-refractivity contribution < 1.29 is 9.53 Å². The molecule has 1 aromatic carbocycles. The number of morpholine rings is 1. The zero-order valence-electron chi connectivity index (χ0n) is 10.9. The van der Waals surface area contributed by atoms with Gasteiger partial charge < -0.3 is 20.7 Å². The second kappa shape index (κ2) is 6.36. The lowest BCUT2D eigenvalue weighted by molar-refractivity contribution is 0.0421. The molecule has 1 unspecified atom stereocenters. The lowest BCUT2D eigenvalue weighted by atomic mass is 10.1. The highest BCUT2D eigenvalue weighted by Crippen LogP contribution is 2.26. The maximum Gasteiger partial charge on any atom is 0.250 e. The molecule has 1 atom stereocenters. The van der Waals surface area contributed by atoms with Crippen molar-refractivity contribution in [3.63, 3.8) is 0 Å². The average Bonchev–Trinajstić information content (AvgIpc) is 2.39. The monoisotopic (exact) mass is 327 g/mol. The van der Waals surface area contributed by atoms with E-state index >= 15 is 0 Å². The Hall–Kier alpha value is -1.11. The van der Waals surface area contributed by atoms with Gasteiger partial charge in [0.15, 0.2) is 0 Å². The van der Waals surface area contributed by atoms with Crippen LogP contribution in [0.4, 0.5) is 5.69 Å². The Kier molecular flexibility index (Phi) is 4.79. The molecule has 1 aliphatic rings. The number of carbonyl (C=O) groups excluding carboxylic acids is 1. The summed E-state index contributed by atoms with van der Waals surface area (Å²) in [6, 6.07) is 5.52. The molecule has 104 valence electrons. The van der Waals surface area contributed by atoms with Gasteiger partial charge >= 0.3 is 0 Å². The molecule has 1 heterocycles. The minimum Gasteiger partial charge on any atom is -0.373 e. The molecule has 0 spiro atoms. The van der Waals surface area contributed by atoms with Crippen molar-refractivity contribution in [2.75, 3.05) is 38.2 Å². The van der Waals surface area contributed by atoms with Gasteiger partial charge in [0.05, 0.1) is 24.0 Å². The van der Waals surface area contributed by atoms with E-state index in [1.165, 1.54) is 0 Å². The fourth-order valence-corrected chi connectivity index (χ4v) is 2.61. The van der Waals surface area contributed by atoms with Gasteiger partial charge in [-0.05, 0) is 25.2 Å². The topological polar surface area (TPSA) is 67.6 Å². The molecular weight excluding hydrogens is 310 g/mol. The molecule has 1 fully saturated rings. The smallest absolute Gasteiger partial charge is 0.250 e. The Morgan fingerprint density at radius 1 is 1.63 bits per heavy atom. The van der Waals surface area contributed by atoms with E-state index in [2.05, 4.69) is 26.1 Å². The molecule has 1 saturated heterocycles. The molecule has 5 nitrogen and oxygen atoms in total. The predicted octanol–water partition coefficient (Wildman–Crippen LogP) is 0.973. The molecule has 0 radical (unpaired) electrons. The van der Waals surface area contributed by atoms with Crippen LogP contribution in [-0.2, 0) is 4.74 Å². The summed E-state index contributed by atoms with van der Waals surface area (Å²) in [7, 11) is 1.90. The summed E-state index contributed by atoms with van der Waals surface area (Å²) in [4.78, 5) is 13.7. The minimum atomic E-state index is -0.404. The number of ether oxygens (including phenoxy) is 1. The van der Waals surface area contributed by atoms with Gasteiger partial charge in [0.25, 0.3) is 5.91 Å². The van der Waals surface area contributed by atoms with Gasteiger partial charge in [0.2, 0.25) is 0 Å². The van der Waals surface area contributed by atoms with Crippen LogP contribution in [-0.4, -0.2) is 45.3 Å². The Bertz CT molecular complexity index is 465. The number of benzene rings is 1. The Labute approximate surface area is 121 Å². The summed E-state index contributed by atoms with van der Waals surface area (Å²) >= 11 is 3.44. The molecule has 0 aromatic heterocycles. The number of amides is 1. The number of nitrogens with zero attached hydrogens (tertiary/aromatic N) is 1. The van der Waals surface area contributed by atoms with Crippen LogP contribution in [0.2, 0.25) is 0 Å². The van der Waals surface area contributed by atoms with Crippen LogP contribution in [0.3, 0.4) is 0 Å². The highest BCUT2D eigenvalue weighted by Gasteiger charge is 2.23. The summed E-state index contributed by atoms with van der Waals surface area (Å²) in [5.41, 5.74) is 6.86. The van der Waals surface area contributed by atoms with Crippen LogP contribution in [0.15, 0.2) is 22.7 Å². The van der Waals surface area contributed by atoms with Crippen LogP contribution in [0.25, 0.3) is 0 Å². The van der Waals surface area contributed by atoms with Crippen LogP contribution in [0.5, 0.6) is 0 Å². The highest BCUT2D eigenvalue weighted by molar-refractivity contribution is 9.10. The van der Waals surface area contributed by atoms with E-state index < -0.39 is 5.91 Å². The first-order valence-electron chi connectivity index (χ1n) is 6.22. The van der Waals surface area contributed by atoms with E-state index in [0.717, 1.165) is 29.8 Å². The largest absolute Gasteiger partial charge is 0.373 e. The molecule has 0 saturated carbocycles. The van der Waals surface area contributed by atoms with Gasteiger partial charge in [0.1, 0.15) is 0 Å². The first-order valence-corrected chi connectivity index (χ1v) is 7.01. The molecule has 1 aromatic rings. The van der Waals surface area contributed by atoms with Gasteiger partial charge in [0, 0.05) is 24.1 Å². The number of anilines is 1. The number of likely N-dealkylation sites (N-methyl/N-ethyl adjacent to an activating group) is 1. The second-order valence-electron chi connectivity index (χ2n) is 4.52. The van der Waals surface area contributed by atoms with Crippen molar-refractivity contribution in [3.8, 4) is 0 Å². The summed E-state index contributed by atoms with van der Waals surface area (Å²) < 4.78 is 6.60. The molecule has 19 heavy (non-hydrogen) atoms. The third-order valence-corrected chi connectivity index (χ3v) is 3.63. The maximum atomic E-state index is 11.5. The number of rotatable bonds is 4. The van der Waals surface area contributed by atoms with Crippen LogP contribution in [0.1, 0.15) is 10.4 Å². The van der Waals surface area contributed by atoms with Gasteiger partial charge in [-0.25, -0.2) is 0 Å². The number of carbonyl (C=O) groups is 1. The van der Waals surface area contributed by atoms with Crippen molar-refractivity contribution >= 4 is 27.5 Å². The molecular formula is C13H18BrN3O2. The second-order valence-corrected chi connectivity index (χ2v) is 5.44. The summed E-state index contributed by atoms with van der Waals surface area (Å²) in [6.45, 7) is 2.95. The maximum absolute atomic E-state index is 11.5. The van der Waals surface area contributed by atoms with E-state index in [4.69, 9.17) is 10.5 Å². The number of hydrogen-bond acceptors (Lipinski definition) is 4. The first-order chi connectivity index (χ1) is 9.11. The fraction of sp³-hybridized carbons (Fsp3) is 0.462. The lowest BCUT2D eigenvalue weighted by Crippen LogP contribution is -2.46. The van der Waals surface area contributed by atoms with E-state index in [-0.39, 0.29) is 6.10 Å². The SMILES string of the molecule is CNCC1CN(c2cc(Br)ccc2C(N)=O)CCO1. The van der Waals surface area contributed by atoms with Gasteiger partial charge in [-0.3, -0.25) is 4.79 Å². The summed E-state index contributed by atoms with van der Waals surface area (Å²) in [5.74, 6) is -0.404. The molecule has 1 aliphatic heterocycles. The molecule has 2 rings (SSSR count). The van der Waals surface area contributed by atoms with Crippen molar-refractivity contribution in [1.29, 1.82) is 0 Å². The number of halogens is 1. The van der Waals surface area contributed by atoms with Crippen LogP contribution in [0, 0.1) is 0 Å². The van der Waals surface area contributed by atoms with Gasteiger partial charge in [-0.2, -0.15) is 0 Å². The van der Waals surface area contributed by atoms with E-state index in [1.807, 2.05) is 19.2 Å². The van der Waals surface area contributed by atoms with Crippen molar-refractivity contribution in [1.82, 2.24) is 5.32 Å². The van der Waals surface area contributed by atoms with Gasteiger partial charge in [-0.1, -0.05) is 15.9 Å². The molecule has 3 N–H and O–H groups in total. The van der Waals surface area contributed by atoms with Crippen molar-refractivity contribution in [2.24, 2.45) is 5.73 Å². The first kappa shape index (κ1) is 14.3. The zero-order chi connectivity index (χ0) is 13.8. The molecule has 0 bridgehead atoms. The third-order valence-electron chi connectivity index (χ3n) is 3.14. The Balaban J connectivity index is 2.24. The fourth-order valence-electron chi connectivity index (χ4n) is 2.26. The summed E-state index contributed by atoms with van der Waals surface area (Å²) in [6.07, 6.45) is 0.124. The number of nitrogens with one attached hydrogen (secondary N) is 1. The Morgan fingerprint density at radius 3 is 3.11 bits per heavy atom. The van der Waals surface area contributed by atoms with Crippen LogP contribution >= 0.6 is 15.9 Å². The number of hydrogen-bond donors (Lipinski definition) is 2. The van der Waals surface area contributed by atoms with Crippen molar-refractivity contribution in [3.05, 3.63) is 28.2 Å². The van der Waals surface area contributed by atoms with Crippen molar-refractivity contribution in [2.45, 2.75) is 6.10 Å². The number of primary amides is 1. The molecule has 0 aliphatic carbocycles. The minimum absolute atomic E-state index is 0.124. The normalized spacial score (nSPS) is 19.5. The lowest BCUT2D eigenvalue weighted by Gasteiger charge is -2.35. The van der Waals surface area contributed by atoms with Gasteiger partial charge in [-0.15, -0.1) is 0 Å². The molecule has 6 heteroatoms. The zero-order valence-corrected chi connectivity index (χ0v) is 12.4. The average molecular weight is 328 g/mol.